The molecule has 1 rings (SSSR count). The lowest BCUT2D eigenvalue weighted by atomic mass is 10.1. The fraction of sp³-hybridized carbons (Fsp3) is 0.200. The molecular formula is C10H11Br. The zero-order valence-corrected chi connectivity index (χ0v) is 7.92. The topological polar surface area (TPSA) is 0 Å². The number of benzene rings is 1. The zero-order chi connectivity index (χ0) is 7.94. The van der Waals surface area contributed by atoms with E-state index in [2.05, 4.69) is 46.3 Å². The van der Waals surface area contributed by atoms with E-state index in [9.17, 15) is 0 Å². The first-order chi connectivity index (χ1) is 5.43. The first-order valence-corrected chi connectivity index (χ1v) is 4.64. The van der Waals surface area contributed by atoms with Crippen molar-refractivity contribution in [2.75, 3.05) is 0 Å². The monoisotopic (exact) mass is 210 g/mol. The molecule has 0 unspecified atom stereocenters. The summed E-state index contributed by atoms with van der Waals surface area (Å²) in [7, 11) is 0. The third kappa shape index (κ3) is 3.38. The molecule has 1 heteroatoms. The smallest absolute Gasteiger partial charge is 0.0229 e. The largest absolute Gasteiger partial charge is 0.0773 e. The van der Waals surface area contributed by atoms with Crippen LogP contribution >= 0.6 is 15.9 Å². The first kappa shape index (κ1) is 8.54. The van der Waals surface area contributed by atoms with Gasteiger partial charge in [0.15, 0.2) is 0 Å². The van der Waals surface area contributed by atoms with Gasteiger partial charge in [0.25, 0.3) is 0 Å². The number of allylic oxidation sites excluding steroid dienone is 1. The number of halogens is 1. The van der Waals surface area contributed by atoms with Crippen LogP contribution in [0.2, 0.25) is 0 Å². The van der Waals surface area contributed by atoms with Crippen LogP contribution in [0.15, 0.2) is 41.4 Å². The molecule has 0 aliphatic rings. The molecular weight excluding hydrogens is 200 g/mol. The van der Waals surface area contributed by atoms with Gasteiger partial charge in [-0.1, -0.05) is 52.3 Å². The van der Waals surface area contributed by atoms with E-state index >= 15 is 0 Å². The summed E-state index contributed by atoms with van der Waals surface area (Å²) in [6.45, 7) is 0. The number of hydrogen-bond acceptors (Lipinski definition) is 0. The maximum atomic E-state index is 3.24. The summed E-state index contributed by atoms with van der Waals surface area (Å²) in [6.07, 6.45) is 4.35. The standard InChI is InChI=1S/C10H11Br/c11-9-5-4-8-10-6-2-1-3-7-10/h1-3,5-7,9H,4,8H2/b9-5-. The van der Waals surface area contributed by atoms with Crippen molar-refractivity contribution in [2.45, 2.75) is 12.8 Å². The molecule has 1 aromatic rings. The highest BCUT2D eigenvalue weighted by molar-refractivity contribution is 9.11. The van der Waals surface area contributed by atoms with Crippen LogP contribution in [0.5, 0.6) is 0 Å². The Kier molecular flexibility index (Phi) is 3.99. The maximum absolute atomic E-state index is 3.24. The van der Waals surface area contributed by atoms with Gasteiger partial charge in [-0.25, -0.2) is 0 Å². The number of rotatable bonds is 3. The molecule has 0 N–H and O–H groups in total. The van der Waals surface area contributed by atoms with Gasteiger partial charge < -0.3 is 0 Å². The second-order valence-corrected chi connectivity index (χ2v) is 2.91. The van der Waals surface area contributed by atoms with Crippen molar-refractivity contribution in [3.05, 3.63) is 47.0 Å². The molecule has 0 heterocycles. The van der Waals surface area contributed by atoms with Crippen LogP contribution in [0.3, 0.4) is 0 Å². The molecule has 0 spiro atoms. The van der Waals surface area contributed by atoms with Crippen molar-refractivity contribution >= 4 is 15.9 Å². The lowest BCUT2D eigenvalue weighted by Crippen LogP contribution is -1.80. The molecule has 0 aliphatic carbocycles. The van der Waals surface area contributed by atoms with E-state index in [0.717, 1.165) is 12.8 Å². The molecule has 0 saturated carbocycles. The highest BCUT2D eigenvalue weighted by Crippen LogP contribution is 2.02. The van der Waals surface area contributed by atoms with E-state index in [4.69, 9.17) is 0 Å². The van der Waals surface area contributed by atoms with Gasteiger partial charge in [0.2, 0.25) is 0 Å². The summed E-state index contributed by atoms with van der Waals surface area (Å²) in [5, 5.41) is 0. The summed E-state index contributed by atoms with van der Waals surface area (Å²) >= 11 is 3.24. The quantitative estimate of drug-likeness (QED) is 0.717. The van der Waals surface area contributed by atoms with Crippen LogP contribution < -0.4 is 0 Å². The predicted molar refractivity (Wildman–Crippen MR) is 52.8 cm³/mol. The van der Waals surface area contributed by atoms with Crippen LogP contribution in [0.1, 0.15) is 12.0 Å². The van der Waals surface area contributed by atoms with E-state index in [1.54, 1.807) is 0 Å². The lowest BCUT2D eigenvalue weighted by molar-refractivity contribution is 1.00. The van der Waals surface area contributed by atoms with Gasteiger partial charge in [0.1, 0.15) is 0 Å². The Labute approximate surface area is 76.1 Å². The number of hydrogen-bond donors (Lipinski definition) is 0. The van der Waals surface area contributed by atoms with Crippen LogP contribution in [0.25, 0.3) is 0 Å². The van der Waals surface area contributed by atoms with E-state index in [0.29, 0.717) is 0 Å². The van der Waals surface area contributed by atoms with Crippen LogP contribution in [-0.4, -0.2) is 0 Å². The van der Waals surface area contributed by atoms with Gasteiger partial charge >= 0.3 is 0 Å². The molecule has 0 aliphatic heterocycles. The van der Waals surface area contributed by atoms with E-state index < -0.39 is 0 Å². The van der Waals surface area contributed by atoms with Gasteiger partial charge in [-0.05, 0) is 23.4 Å². The van der Waals surface area contributed by atoms with E-state index in [-0.39, 0.29) is 0 Å². The molecule has 58 valence electrons. The minimum absolute atomic E-state index is 1.11. The molecule has 0 nitrogen and oxygen atoms in total. The van der Waals surface area contributed by atoms with Gasteiger partial charge in [0, 0.05) is 0 Å². The highest BCUT2D eigenvalue weighted by Gasteiger charge is 1.86. The minimum Gasteiger partial charge on any atom is -0.0773 e. The van der Waals surface area contributed by atoms with Crippen LogP contribution in [0, 0.1) is 0 Å². The van der Waals surface area contributed by atoms with Crippen molar-refractivity contribution in [2.24, 2.45) is 0 Å². The number of aryl methyl sites for hydroxylation is 1. The van der Waals surface area contributed by atoms with Crippen LogP contribution in [0.4, 0.5) is 0 Å². The average Bonchev–Trinajstić information content (AvgIpc) is 2.07. The Morgan fingerprint density at radius 2 is 1.91 bits per heavy atom. The molecule has 0 aromatic heterocycles. The Morgan fingerprint density at radius 1 is 1.18 bits per heavy atom. The molecule has 0 amide bonds. The fourth-order valence-corrected chi connectivity index (χ4v) is 1.22. The normalized spacial score (nSPS) is 10.6. The second kappa shape index (κ2) is 5.14. The van der Waals surface area contributed by atoms with Crippen molar-refractivity contribution in [1.82, 2.24) is 0 Å². The van der Waals surface area contributed by atoms with E-state index in [1.165, 1.54) is 5.56 Å². The molecule has 0 atom stereocenters. The zero-order valence-electron chi connectivity index (χ0n) is 6.33. The Bertz CT molecular complexity index is 214. The molecule has 1 aromatic carbocycles. The van der Waals surface area contributed by atoms with Crippen molar-refractivity contribution in [1.29, 1.82) is 0 Å². The molecule has 0 saturated heterocycles. The first-order valence-electron chi connectivity index (χ1n) is 3.72. The molecule has 11 heavy (non-hydrogen) atoms. The predicted octanol–water partition coefficient (Wildman–Crippen LogP) is 3.53. The summed E-state index contributed by atoms with van der Waals surface area (Å²) in [5.74, 6) is 0. The highest BCUT2D eigenvalue weighted by atomic mass is 79.9. The Hall–Kier alpha value is -0.560. The third-order valence-corrected chi connectivity index (χ3v) is 1.91. The summed E-state index contributed by atoms with van der Waals surface area (Å²) in [5.41, 5.74) is 1.40. The van der Waals surface area contributed by atoms with Gasteiger partial charge in [-0.2, -0.15) is 0 Å². The third-order valence-electron chi connectivity index (χ3n) is 1.53. The Morgan fingerprint density at radius 3 is 2.55 bits per heavy atom. The fourth-order valence-electron chi connectivity index (χ4n) is 0.958. The second-order valence-electron chi connectivity index (χ2n) is 2.39. The van der Waals surface area contributed by atoms with Gasteiger partial charge in [-0.3, -0.25) is 0 Å². The summed E-state index contributed by atoms with van der Waals surface area (Å²) < 4.78 is 0. The summed E-state index contributed by atoms with van der Waals surface area (Å²) in [6, 6.07) is 10.5. The van der Waals surface area contributed by atoms with Gasteiger partial charge in [-0.15, -0.1) is 0 Å². The SMILES string of the molecule is Br/C=C\CCc1ccccc1. The summed E-state index contributed by atoms with van der Waals surface area (Å²) in [4.78, 5) is 1.91. The van der Waals surface area contributed by atoms with Gasteiger partial charge in [0.05, 0.1) is 0 Å². The molecule has 0 bridgehead atoms. The minimum atomic E-state index is 1.11. The Balaban J connectivity index is 2.39. The van der Waals surface area contributed by atoms with Crippen molar-refractivity contribution in [3.8, 4) is 0 Å². The lowest BCUT2D eigenvalue weighted by Gasteiger charge is -1.95. The molecule has 0 fully saturated rings. The van der Waals surface area contributed by atoms with Crippen molar-refractivity contribution < 1.29 is 0 Å². The van der Waals surface area contributed by atoms with Crippen molar-refractivity contribution in [3.63, 3.8) is 0 Å². The maximum Gasteiger partial charge on any atom is -0.0229 e. The van der Waals surface area contributed by atoms with Crippen LogP contribution in [-0.2, 0) is 6.42 Å². The van der Waals surface area contributed by atoms with E-state index in [1.807, 2.05) is 11.1 Å². The molecule has 0 radical (unpaired) electrons. The average molecular weight is 211 g/mol.